The van der Waals surface area contributed by atoms with Gasteiger partial charge in [-0.25, -0.2) is 0 Å². The highest BCUT2D eigenvalue weighted by atomic mass is 35.5. The van der Waals surface area contributed by atoms with E-state index >= 15 is 0 Å². The number of benzene rings is 2. The van der Waals surface area contributed by atoms with Gasteiger partial charge in [-0.3, -0.25) is 25.2 Å². The first-order valence-corrected chi connectivity index (χ1v) is 9.95. The molecule has 2 aromatic rings. The number of hydrogen-bond donors (Lipinski definition) is 2. The molecule has 0 aliphatic heterocycles. The smallest absolute Gasteiger partial charge is 0.317 e. The standard InChI is InChI=1S/C21H20Cl2N2O4/c22-15-9-7-14(8-10-15)21(11-3-4-12-21)20(28)29-13-18(26)24-25-19(27)16-5-1-2-6-17(16)23/h1-2,5-10H,3-4,11-13H2,(H,24,26)(H,25,27). The molecule has 2 aromatic carbocycles. The number of ether oxygens (including phenoxy) is 1. The van der Waals surface area contributed by atoms with Crippen molar-refractivity contribution >= 4 is 41.0 Å². The van der Waals surface area contributed by atoms with Gasteiger partial charge in [0, 0.05) is 5.02 Å². The van der Waals surface area contributed by atoms with Crippen LogP contribution in [0.3, 0.4) is 0 Å². The molecule has 0 radical (unpaired) electrons. The Morgan fingerprint density at radius 2 is 1.59 bits per heavy atom. The second-order valence-electron chi connectivity index (χ2n) is 6.85. The lowest BCUT2D eigenvalue weighted by Crippen LogP contribution is -2.44. The molecular formula is C21H20Cl2N2O4. The van der Waals surface area contributed by atoms with E-state index in [2.05, 4.69) is 10.9 Å². The summed E-state index contributed by atoms with van der Waals surface area (Å²) in [6, 6.07) is 13.6. The summed E-state index contributed by atoms with van der Waals surface area (Å²) in [6.45, 7) is -0.503. The number of hydrogen-bond acceptors (Lipinski definition) is 4. The van der Waals surface area contributed by atoms with Crippen LogP contribution in [0.15, 0.2) is 48.5 Å². The van der Waals surface area contributed by atoms with Crippen molar-refractivity contribution < 1.29 is 19.1 Å². The van der Waals surface area contributed by atoms with Gasteiger partial charge in [0.2, 0.25) is 0 Å². The first-order valence-electron chi connectivity index (χ1n) is 9.19. The fourth-order valence-electron chi connectivity index (χ4n) is 3.50. The van der Waals surface area contributed by atoms with E-state index in [1.54, 1.807) is 30.3 Å². The number of halogens is 2. The first kappa shape index (κ1) is 21.1. The van der Waals surface area contributed by atoms with Gasteiger partial charge in [-0.2, -0.15) is 0 Å². The first-order chi connectivity index (χ1) is 13.9. The molecule has 2 N–H and O–H groups in total. The van der Waals surface area contributed by atoms with E-state index in [0.717, 1.165) is 18.4 Å². The third-order valence-electron chi connectivity index (χ3n) is 5.01. The Morgan fingerprint density at radius 1 is 0.931 bits per heavy atom. The summed E-state index contributed by atoms with van der Waals surface area (Å²) in [7, 11) is 0. The van der Waals surface area contributed by atoms with Crippen LogP contribution >= 0.6 is 23.2 Å². The van der Waals surface area contributed by atoms with Crippen molar-refractivity contribution in [2.45, 2.75) is 31.1 Å². The van der Waals surface area contributed by atoms with Crippen LogP contribution in [0.2, 0.25) is 10.0 Å². The van der Waals surface area contributed by atoms with Crippen LogP contribution in [-0.4, -0.2) is 24.4 Å². The lowest BCUT2D eigenvalue weighted by molar-refractivity contribution is -0.154. The summed E-state index contributed by atoms with van der Waals surface area (Å²) in [5, 5.41) is 0.848. The number of amides is 2. The third kappa shape index (κ3) is 4.89. The normalized spacial score (nSPS) is 14.8. The zero-order chi connectivity index (χ0) is 20.9. The minimum absolute atomic E-state index is 0.221. The molecule has 29 heavy (non-hydrogen) atoms. The highest BCUT2D eigenvalue weighted by Crippen LogP contribution is 2.42. The van der Waals surface area contributed by atoms with Crippen molar-refractivity contribution in [3.63, 3.8) is 0 Å². The maximum atomic E-state index is 12.8. The van der Waals surface area contributed by atoms with E-state index in [4.69, 9.17) is 27.9 Å². The molecule has 0 unspecified atom stereocenters. The molecule has 1 aliphatic rings. The molecule has 2 amide bonds. The number of esters is 1. The van der Waals surface area contributed by atoms with Crippen molar-refractivity contribution in [1.82, 2.24) is 10.9 Å². The Balaban J connectivity index is 1.56. The second-order valence-corrected chi connectivity index (χ2v) is 7.70. The molecule has 0 atom stereocenters. The average molecular weight is 435 g/mol. The van der Waals surface area contributed by atoms with Gasteiger partial charge >= 0.3 is 5.97 Å². The lowest BCUT2D eigenvalue weighted by Gasteiger charge is -2.27. The van der Waals surface area contributed by atoms with Crippen molar-refractivity contribution in [2.75, 3.05) is 6.61 Å². The zero-order valence-corrected chi connectivity index (χ0v) is 17.1. The Morgan fingerprint density at radius 3 is 2.24 bits per heavy atom. The summed E-state index contributed by atoms with van der Waals surface area (Å²) in [5.41, 5.74) is 4.75. The Kier molecular flexibility index (Phi) is 6.77. The number of hydrazine groups is 1. The Bertz CT molecular complexity index is 909. The molecule has 152 valence electrons. The van der Waals surface area contributed by atoms with Gasteiger partial charge in [0.15, 0.2) is 6.61 Å². The highest BCUT2D eigenvalue weighted by Gasteiger charge is 2.44. The monoisotopic (exact) mass is 434 g/mol. The van der Waals surface area contributed by atoms with E-state index in [1.165, 1.54) is 6.07 Å². The van der Waals surface area contributed by atoms with Crippen molar-refractivity contribution in [2.24, 2.45) is 0 Å². The molecule has 1 saturated carbocycles. The summed E-state index contributed by atoms with van der Waals surface area (Å²) in [5.74, 6) is -1.67. The molecule has 3 rings (SSSR count). The maximum Gasteiger partial charge on any atom is 0.317 e. The van der Waals surface area contributed by atoms with Gasteiger partial charge in [0.25, 0.3) is 11.8 Å². The fourth-order valence-corrected chi connectivity index (χ4v) is 3.85. The van der Waals surface area contributed by atoms with Crippen LogP contribution < -0.4 is 10.9 Å². The van der Waals surface area contributed by atoms with Gasteiger partial charge in [0.05, 0.1) is 16.0 Å². The number of carbonyl (C=O) groups is 3. The molecule has 1 fully saturated rings. The second kappa shape index (κ2) is 9.29. The van der Waals surface area contributed by atoms with Crippen molar-refractivity contribution in [3.05, 3.63) is 69.7 Å². The molecule has 6 nitrogen and oxygen atoms in total. The molecule has 0 aromatic heterocycles. The Labute approximate surface area is 178 Å². The van der Waals surface area contributed by atoms with Crippen molar-refractivity contribution in [3.8, 4) is 0 Å². The summed E-state index contributed by atoms with van der Waals surface area (Å²) < 4.78 is 5.28. The van der Waals surface area contributed by atoms with Gasteiger partial charge in [-0.05, 0) is 42.7 Å². The van der Waals surface area contributed by atoms with Crippen LogP contribution in [0, 0.1) is 0 Å². The van der Waals surface area contributed by atoms with E-state index < -0.39 is 29.8 Å². The van der Waals surface area contributed by atoms with Crippen LogP contribution in [0.1, 0.15) is 41.6 Å². The van der Waals surface area contributed by atoms with E-state index in [1.807, 2.05) is 12.1 Å². The van der Waals surface area contributed by atoms with E-state index in [-0.39, 0.29) is 10.6 Å². The molecule has 0 spiro atoms. The quantitative estimate of drug-likeness (QED) is 0.553. The van der Waals surface area contributed by atoms with Gasteiger partial charge in [-0.1, -0.05) is 60.3 Å². The van der Waals surface area contributed by atoms with E-state index in [9.17, 15) is 14.4 Å². The highest BCUT2D eigenvalue weighted by molar-refractivity contribution is 6.33. The van der Waals surface area contributed by atoms with E-state index in [0.29, 0.717) is 17.9 Å². The van der Waals surface area contributed by atoms with Crippen LogP contribution in [0.25, 0.3) is 0 Å². The predicted octanol–water partition coefficient (Wildman–Crippen LogP) is 3.81. The number of nitrogens with one attached hydrogen (secondary N) is 2. The summed E-state index contributed by atoms with van der Waals surface area (Å²) in [4.78, 5) is 36.9. The maximum absolute atomic E-state index is 12.8. The van der Waals surface area contributed by atoms with Gasteiger partial charge in [0.1, 0.15) is 0 Å². The van der Waals surface area contributed by atoms with Crippen molar-refractivity contribution in [1.29, 1.82) is 0 Å². The minimum Gasteiger partial charge on any atom is -0.455 e. The topological polar surface area (TPSA) is 84.5 Å². The molecule has 8 heteroatoms. The largest absolute Gasteiger partial charge is 0.455 e. The lowest BCUT2D eigenvalue weighted by atomic mass is 9.79. The fraction of sp³-hybridized carbons (Fsp3) is 0.286. The molecule has 0 heterocycles. The average Bonchev–Trinajstić information content (AvgIpc) is 3.22. The van der Waals surface area contributed by atoms with Crippen LogP contribution in [0.4, 0.5) is 0 Å². The van der Waals surface area contributed by atoms with Crippen LogP contribution in [-0.2, 0) is 19.7 Å². The third-order valence-corrected chi connectivity index (χ3v) is 5.59. The summed E-state index contributed by atoms with van der Waals surface area (Å²) in [6.07, 6.45) is 3.10. The minimum atomic E-state index is -0.772. The molecule has 1 aliphatic carbocycles. The molecule has 0 saturated heterocycles. The van der Waals surface area contributed by atoms with Gasteiger partial charge < -0.3 is 4.74 Å². The zero-order valence-electron chi connectivity index (χ0n) is 15.5. The predicted molar refractivity (Wildman–Crippen MR) is 110 cm³/mol. The van der Waals surface area contributed by atoms with Gasteiger partial charge in [-0.15, -0.1) is 0 Å². The summed E-state index contributed by atoms with van der Waals surface area (Å²) >= 11 is 11.9. The number of carbonyl (C=O) groups excluding carboxylic acids is 3. The Hall–Kier alpha value is -2.57. The molecule has 0 bridgehead atoms. The number of rotatable bonds is 5. The van der Waals surface area contributed by atoms with Crippen LogP contribution in [0.5, 0.6) is 0 Å². The SMILES string of the molecule is O=C(COC(=O)C1(c2ccc(Cl)cc2)CCCC1)NNC(=O)c1ccccc1Cl. The molecular weight excluding hydrogens is 415 g/mol.